The number of fused-ring (bicyclic) bond motifs is 5. The first-order valence-electron chi connectivity index (χ1n) is 10.5. The fourth-order valence-corrected chi connectivity index (χ4v) is 4.72. The molecule has 0 N–H and O–H groups in total. The SMILES string of the molecule is CC1=C(C(=O)c2ccccc2)C2c3ccccc3C(=O)N2c2cc(-c3ccccc3)nn21. The molecule has 0 radical (unpaired) electrons. The van der Waals surface area contributed by atoms with E-state index >= 15 is 0 Å². The molecule has 6 rings (SSSR count). The van der Waals surface area contributed by atoms with Crippen molar-refractivity contribution in [3.63, 3.8) is 0 Å². The summed E-state index contributed by atoms with van der Waals surface area (Å²) in [6, 6.07) is 28.1. The number of carbonyl (C=O) groups excluding carboxylic acids is 2. The van der Waals surface area contributed by atoms with Crippen LogP contribution in [0.4, 0.5) is 5.82 Å². The molecule has 2 aliphatic rings. The predicted molar refractivity (Wildman–Crippen MR) is 123 cm³/mol. The van der Waals surface area contributed by atoms with Crippen LogP contribution in [-0.4, -0.2) is 21.5 Å². The number of anilines is 1. The minimum absolute atomic E-state index is 0.0926. The van der Waals surface area contributed by atoms with Crippen LogP contribution in [0.15, 0.2) is 96.6 Å². The van der Waals surface area contributed by atoms with Crippen molar-refractivity contribution < 1.29 is 9.59 Å². The highest BCUT2D eigenvalue weighted by Gasteiger charge is 2.47. The largest absolute Gasteiger partial charge is 0.289 e. The Labute approximate surface area is 185 Å². The average Bonchev–Trinajstić information content (AvgIpc) is 3.41. The molecule has 1 amide bonds. The number of ketones is 1. The maximum atomic E-state index is 13.7. The molecule has 1 atom stereocenters. The number of aromatic nitrogens is 2. The van der Waals surface area contributed by atoms with Gasteiger partial charge < -0.3 is 0 Å². The van der Waals surface area contributed by atoms with Gasteiger partial charge in [0.1, 0.15) is 5.82 Å². The Morgan fingerprint density at radius 3 is 2.28 bits per heavy atom. The molecule has 0 fully saturated rings. The second kappa shape index (κ2) is 6.89. The average molecular weight is 417 g/mol. The zero-order valence-corrected chi connectivity index (χ0v) is 17.4. The molecule has 0 saturated heterocycles. The van der Waals surface area contributed by atoms with E-state index in [1.54, 1.807) is 9.58 Å². The lowest BCUT2D eigenvalue weighted by Gasteiger charge is -2.33. The number of Topliss-reactive ketones (excluding diaryl/α,β-unsaturated/α-hetero) is 1. The van der Waals surface area contributed by atoms with E-state index in [-0.39, 0.29) is 11.7 Å². The van der Waals surface area contributed by atoms with Gasteiger partial charge in [0.15, 0.2) is 5.78 Å². The van der Waals surface area contributed by atoms with Crippen LogP contribution in [0.1, 0.15) is 39.2 Å². The molecular weight excluding hydrogens is 398 g/mol. The third-order valence-corrected chi connectivity index (χ3v) is 6.23. The number of carbonyl (C=O) groups is 2. The van der Waals surface area contributed by atoms with Gasteiger partial charge in [0, 0.05) is 28.3 Å². The number of benzene rings is 3. The van der Waals surface area contributed by atoms with Crippen LogP contribution in [0.2, 0.25) is 0 Å². The van der Waals surface area contributed by atoms with Crippen LogP contribution in [0.3, 0.4) is 0 Å². The number of allylic oxidation sites excluding steroid dienone is 1. The number of hydrogen-bond donors (Lipinski definition) is 0. The maximum absolute atomic E-state index is 13.7. The summed E-state index contributed by atoms with van der Waals surface area (Å²) in [4.78, 5) is 28.9. The van der Waals surface area contributed by atoms with Gasteiger partial charge in [0.05, 0.1) is 17.4 Å². The van der Waals surface area contributed by atoms with E-state index in [9.17, 15) is 9.59 Å². The molecular formula is C27H19N3O2. The van der Waals surface area contributed by atoms with E-state index in [0.717, 1.165) is 22.5 Å². The van der Waals surface area contributed by atoms with Gasteiger partial charge in [-0.1, -0.05) is 78.9 Å². The third-order valence-electron chi connectivity index (χ3n) is 6.23. The molecule has 0 aliphatic carbocycles. The van der Waals surface area contributed by atoms with E-state index in [2.05, 4.69) is 0 Å². The zero-order chi connectivity index (χ0) is 21.8. The summed E-state index contributed by atoms with van der Waals surface area (Å²) in [6.45, 7) is 1.91. The van der Waals surface area contributed by atoms with Gasteiger partial charge in [-0.3, -0.25) is 14.5 Å². The predicted octanol–water partition coefficient (Wildman–Crippen LogP) is 5.38. The minimum atomic E-state index is -0.473. The lowest BCUT2D eigenvalue weighted by molar-refractivity contribution is 0.0987. The fourth-order valence-electron chi connectivity index (χ4n) is 4.72. The van der Waals surface area contributed by atoms with Crippen LogP contribution >= 0.6 is 0 Å². The van der Waals surface area contributed by atoms with Crippen molar-refractivity contribution in [3.05, 3.63) is 113 Å². The van der Waals surface area contributed by atoms with E-state index in [1.807, 2.05) is 97.9 Å². The third kappa shape index (κ3) is 2.54. The normalized spacial score (nSPS) is 16.6. The number of amides is 1. The Morgan fingerprint density at radius 2 is 1.53 bits per heavy atom. The Kier molecular flexibility index (Phi) is 3.98. The Bertz CT molecular complexity index is 1420. The molecule has 1 unspecified atom stereocenters. The Hall–Kier alpha value is -4.25. The van der Waals surface area contributed by atoms with Gasteiger partial charge >= 0.3 is 0 Å². The summed E-state index contributed by atoms with van der Waals surface area (Å²) in [5.41, 5.74) is 5.10. The van der Waals surface area contributed by atoms with Crippen molar-refractivity contribution in [2.75, 3.05) is 4.90 Å². The monoisotopic (exact) mass is 417 g/mol. The Morgan fingerprint density at radius 1 is 0.875 bits per heavy atom. The van der Waals surface area contributed by atoms with Crippen molar-refractivity contribution in [1.29, 1.82) is 0 Å². The summed E-state index contributed by atoms with van der Waals surface area (Å²) >= 11 is 0. The molecule has 0 bridgehead atoms. The van der Waals surface area contributed by atoms with Crippen molar-refractivity contribution in [3.8, 4) is 11.3 Å². The van der Waals surface area contributed by atoms with E-state index in [4.69, 9.17) is 5.10 Å². The van der Waals surface area contributed by atoms with Gasteiger partial charge in [-0.05, 0) is 18.6 Å². The topological polar surface area (TPSA) is 55.2 Å². The molecule has 32 heavy (non-hydrogen) atoms. The summed E-state index contributed by atoms with van der Waals surface area (Å²) in [6.07, 6.45) is 0. The zero-order valence-electron chi connectivity index (χ0n) is 17.4. The first kappa shape index (κ1) is 18.5. The van der Waals surface area contributed by atoms with Crippen molar-refractivity contribution in [1.82, 2.24) is 9.78 Å². The second-order valence-corrected chi connectivity index (χ2v) is 8.02. The van der Waals surface area contributed by atoms with Crippen molar-refractivity contribution in [2.24, 2.45) is 0 Å². The summed E-state index contributed by atoms with van der Waals surface area (Å²) < 4.78 is 1.73. The number of nitrogens with zero attached hydrogens (tertiary/aromatic N) is 3. The van der Waals surface area contributed by atoms with Crippen LogP contribution in [0, 0.1) is 0 Å². The van der Waals surface area contributed by atoms with Crippen LogP contribution in [0.25, 0.3) is 17.0 Å². The maximum Gasteiger partial charge on any atom is 0.260 e. The first-order chi connectivity index (χ1) is 15.6. The number of rotatable bonds is 3. The molecule has 0 saturated carbocycles. The highest BCUT2D eigenvalue weighted by molar-refractivity contribution is 6.19. The molecule has 2 aliphatic heterocycles. The van der Waals surface area contributed by atoms with E-state index in [1.165, 1.54) is 0 Å². The van der Waals surface area contributed by atoms with Gasteiger partial charge in [-0.15, -0.1) is 0 Å². The fraction of sp³-hybridized carbons (Fsp3) is 0.0741. The lowest BCUT2D eigenvalue weighted by Crippen LogP contribution is -2.36. The molecule has 3 heterocycles. The van der Waals surface area contributed by atoms with Crippen molar-refractivity contribution >= 4 is 23.2 Å². The van der Waals surface area contributed by atoms with Crippen LogP contribution < -0.4 is 4.90 Å². The lowest BCUT2D eigenvalue weighted by atomic mass is 9.89. The van der Waals surface area contributed by atoms with Crippen LogP contribution in [-0.2, 0) is 0 Å². The van der Waals surface area contributed by atoms with Crippen LogP contribution in [0.5, 0.6) is 0 Å². The second-order valence-electron chi connectivity index (χ2n) is 8.02. The highest BCUT2D eigenvalue weighted by Crippen LogP contribution is 2.48. The first-order valence-corrected chi connectivity index (χ1v) is 10.5. The van der Waals surface area contributed by atoms with Gasteiger partial charge in [-0.2, -0.15) is 5.10 Å². The van der Waals surface area contributed by atoms with Crippen molar-refractivity contribution in [2.45, 2.75) is 13.0 Å². The molecule has 5 nitrogen and oxygen atoms in total. The molecule has 5 heteroatoms. The molecule has 1 aromatic heterocycles. The Balaban J connectivity index is 1.61. The van der Waals surface area contributed by atoms with Gasteiger partial charge in [0.25, 0.3) is 5.91 Å². The van der Waals surface area contributed by atoms with E-state index < -0.39 is 6.04 Å². The highest BCUT2D eigenvalue weighted by atomic mass is 16.2. The quantitative estimate of drug-likeness (QED) is 0.421. The van der Waals surface area contributed by atoms with Gasteiger partial charge in [-0.25, -0.2) is 4.68 Å². The molecule has 4 aromatic rings. The summed E-state index contributed by atoms with van der Waals surface area (Å²) in [5.74, 6) is 0.472. The molecule has 0 spiro atoms. The number of hydrogen-bond acceptors (Lipinski definition) is 3. The summed E-state index contributed by atoms with van der Waals surface area (Å²) in [5, 5.41) is 4.80. The van der Waals surface area contributed by atoms with E-state index in [0.29, 0.717) is 22.5 Å². The standard InChI is InChI=1S/C27H19N3O2/c1-17-24(26(31)19-12-6-3-7-13-19)25-20-14-8-9-15-21(20)27(32)29(25)23-16-22(28-30(17)23)18-10-4-2-5-11-18/h2-16,25H,1H3. The molecule has 3 aromatic carbocycles. The molecule has 154 valence electrons. The smallest absolute Gasteiger partial charge is 0.260 e. The summed E-state index contributed by atoms with van der Waals surface area (Å²) in [7, 11) is 0. The minimum Gasteiger partial charge on any atom is -0.289 e. The van der Waals surface area contributed by atoms with Gasteiger partial charge in [0.2, 0.25) is 0 Å².